The van der Waals surface area contributed by atoms with E-state index in [1.807, 2.05) is 11.3 Å². The maximum atomic E-state index is 6.69. The van der Waals surface area contributed by atoms with Crippen molar-refractivity contribution in [2.45, 2.75) is 38.0 Å². The molecule has 55 heavy (non-hydrogen) atoms. The minimum Gasteiger partial charge on any atom is -0.455 e. The van der Waals surface area contributed by atoms with Crippen molar-refractivity contribution in [3.05, 3.63) is 175 Å². The average Bonchev–Trinajstić information content (AvgIpc) is 3.83. The standard InChI is InChI=1S/C52H39NOS/c1-2-16-34(17-3-1)36-24-12-18-35-19-13-25-41(50(35)36)37-20-4-8-29-45(37)53(47-31-15-28-44-40-23-7-11-33-49(40)55-52(44)47)46-30-9-5-21-38(46)42-26-14-27-43-39-22-6-10-32-48(39)54-51(42)43/h4-15,18-34H,1-3,16-17H2. The number of benzene rings is 8. The molecule has 1 saturated carbocycles. The van der Waals surface area contributed by atoms with Gasteiger partial charge in [-0.1, -0.05) is 159 Å². The molecule has 0 saturated heterocycles. The fraction of sp³-hybridized carbons (Fsp3) is 0.115. The summed E-state index contributed by atoms with van der Waals surface area (Å²) in [6, 6.07) is 62.4. The van der Waals surface area contributed by atoms with E-state index in [0.29, 0.717) is 5.92 Å². The smallest absolute Gasteiger partial charge is 0.143 e. The molecule has 2 nitrogen and oxygen atoms in total. The zero-order chi connectivity index (χ0) is 36.3. The SMILES string of the molecule is c1ccc(N(c2ccccc2-c2cccc3cccc(C4CCCCC4)c23)c2cccc3c2sc2ccccc23)c(-c2cccc3c2oc2ccccc23)c1. The van der Waals surface area contributed by atoms with Crippen molar-refractivity contribution in [2.75, 3.05) is 4.90 Å². The maximum Gasteiger partial charge on any atom is 0.143 e. The lowest BCUT2D eigenvalue weighted by molar-refractivity contribution is 0.445. The van der Waals surface area contributed by atoms with E-state index in [2.05, 4.69) is 175 Å². The van der Waals surface area contributed by atoms with Crippen LogP contribution in [0.2, 0.25) is 0 Å². The topological polar surface area (TPSA) is 16.4 Å². The molecule has 264 valence electrons. The Labute approximate surface area is 324 Å². The van der Waals surface area contributed by atoms with Crippen molar-refractivity contribution >= 4 is 81.3 Å². The summed E-state index contributed by atoms with van der Waals surface area (Å²) in [5.41, 5.74) is 11.5. The van der Waals surface area contributed by atoms with Crippen LogP contribution < -0.4 is 4.90 Å². The lowest BCUT2D eigenvalue weighted by Crippen LogP contribution is -2.13. The normalized spacial score (nSPS) is 13.7. The van der Waals surface area contributed by atoms with Crippen LogP contribution >= 0.6 is 11.3 Å². The molecule has 11 rings (SSSR count). The molecule has 0 N–H and O–H groups in total. The zero-order valence-electron chi connectivity index (χ0n) is 30.5. The van der Waals surface area contributed by atoms with Gasteiger partial charge in [0, 0.05) is 42.9 Å². The van der Waals surface area contributed by atoms with E-state index in [4.69, 9.17) is 4.42 Å². The Bertz CT molecular complexity index is 3050. The minimum atomic E-state index is 0.583. The van der Waals surface area contributed by atoms with Crippen LogP contribution in [-0.2, 0) is 0 Å². The largest absolute Gasteiger partial charge is 0.455 e. The van der Waals surface area contributed by atoms with Gasteiger partial charge in [0.15, 0.2) is 0 Å². The lowest BCUT2D eigenvalue weighted by atomic mass is 9.80. The summed E-state index contributed by atoms with van der Waals surface area (Å²) in [6.07, 6.45) is 6.48. The number of thiophene rings is 1. The van der Waals surface area contributed by atoms with Crippen LogP contribution in [-0.4, -0.2) is 0 Å². The van der Waals surface area contributed by atoms with Crippen molar-refractivity contribution in [1.29, 1.82) is 0 Å². The Morgan fingerprint density at radius 3 is 1.87 bits per heavy atom. The molecule has 0 aliphatic heterocycles. The van der Waals surface area contributed by atoms with E-state index >= 15 is 0 Å². The maximum absolute atomic E-state index is 6.69. The number of hydrogen-bond donors (Lipinski definition) is 0. The molecule has 2 heterocycles. The Kier molecular flexibility index (Phi) is 7.81. The molecule has 0 spiro atoms. The summed E-state index contributed by atoms with van der Waals surface area (Å²) >= 11 is 1.88. The fourth-order valence-electron chi connectivity index (χ4n) is 9.40. The Balaban J connectivity index is 1.21. The molecule has 1 aliphatic carbocycles. The second-order valence-corrected chi connectivity index (χ2v) is 16.0. The lowest BCUT2D eigenvalue weighted by Gasteiger charge is -2.31. The number of hydrogen-bond acceptors (Lipinski definition) is 3. The van der Waals surface area contributed by atoms with Gasteiger partial charge in [0.1, 0.15) is 11.2 Å². The van der Waals surface area contributed by atoms with E-state index in [1.165, 1.54) is 85.4 Å². The second-order valence-electron chi connectivity index (χ2n) is 15.0. The molecule has 8 aromatic carbocycles. The minimum absolute atomic E-state index is 0.583. The third-order valence-corrected chi connectivity index (χ3v) is 13.1. The molecule has 2 aromatic heterocycles. The molecule has 0 atom stereocenters. The highest BCUT2D eigenvalue weighted by Crippen LogP contribution is 2.51. The van der Waals surface area contributed by atoms with Crippen molar-refractivity contribution < 1.29 is 4.42 Å². The number of nitrogens with zero attached hydrogens (tertiary/aromatic N) is 1. The fourth-order valence-corrected chi connectivity index (χ4v) is 10.6. The van der Waals surface area contributed by atoms with Gasteiger partial charge in [-0.25, -0.2) is 0 Å². The molecular formula is C52H39NOS. The van der Waals surface area contributed by atoms with Gasteiger partial charge in [0.25, 0.3) is 0 Å². The third-order valence-electron chi connectivity index (χ3n) is 11.9. The molecule has 3 heteroatoms. The van der Waals surface area contributed by atoms with E-state index in [0.717, 1.165) is 44.4 Å². The van der Waals surface area contributed by atoms with Gasteiger partial charge in [-0.2, -0.15) is 0 Å². The summed E-state index contributed by atoms with van der Waals surface area (Å²) < 4.78 is 9.26. The van der Waals surface area contributed by atoms with E-state index in [-0.39, 0.29) is 0 Å². The molecule has 0 amide bonds. The van der Waals surface area contributed by atoms with Crippen LogP contribution in [0.4, 0.5) is 17.1 Å². The molecule has 1 fully saturated rings. The quantitative estimate of drug-likeness (QED) is 0.170. The number of furan rings is 1. The second kappa shape index (κ2) is 13.3. The third kappa shape index (κ3) is 5.29. The Hall–Kier alpha value is -6.16. The van der Waals surface area contributed by atoms with E-state index in [1.54, 1.807) is 0 Å². The van der Waals surface area contributed by atoms with Crippen molar-refractivity contribution in [2.24, 2.45) is 0 Å². The first kappa shape index (κ1) is 32.3. The Morgan fingerprint density at radius 1 is 0.455 bits per heavy atom. The van der Waals surface area contributed by atoms with Crippen LogP contribution in [0.1, 0.15) is 43.6 Å². The predicted molar refractivity (Wildman–Crippen MR) is 235 cm³/mol. The number of fused-ring (bicyclic) bond motifs is 7. The first-order chi connectivity index (χ1) is 27.3. The molecule has 0 radical (unpaired) electrons. The summed E-state index contributed by atoms with van der Waals surface area (Å²) in [6.45, 7) is 0. The van der Waals surface area contributed by atoms with Gasteiger partial charge in [-0.15, -0.1) is 11.3 Å². The van der Waals surface area contributed by atoms with Crippen LogP contribution in [0.25, 0.3) is 75.1 Å². The van der Waals surface area contributed by atoms with Gasteiger partial charge >= 0.3 is 0 Å². The number of para-hydroxylation sites is 4. The van der Waals surface area contributed by atoms with Crippen LogP contribution in [0.15, 0.2) is 174 Å². The van der Waals surface area contributed by atoms with Gasteiger partial charge in [0.05, 0.1) is 21.8 Å². The molecule has 0 bridgehead atoms. The van der Waals surface area contributed by atoms with Gasteiger partial charge < -0.3 is 9.32 Å². The molecular weight excluding hydrogens is 687 g/mol. The summed E-state index contributed by atoms with van der Waals surface area (Å²) in [5, 5.41) is 7.55. The number of anilines is 3. The first-order valence-electron chi connectivity index (χ1n) is 19.6. The highest BCUT2D eigenvalue weighted by atomic mass is 32.1. The van der Waals surface area contributed by atoms with Crippen molar-refractivity contribution in [3.63, 3.8) is 0 Å². The Morgan fingerprint density at radius 2 is 1.04 bits per heavy atom. The number of rotatable bonds is 6. The monoisotopic (exact) mass is 725 g/mol. The summed E-state index contributed by atoms with van der Waals surface area (Å²) in [7, 11) is 0. The van der Waals surface area contributed by atoms with Crippen LogP contribution in [0, 0.1) is 0 Å². The van der Waals surface area contributed by atoms with Crippen LogP contribution in [0.5, 0.6) is 0 Å². The van der Waals surface area contributed by atoms with Gasteiger partial charge in [-0.05, 0) is 71.0 Å². The highest BCUT2D eigenvalue weighted by Gasteiger charge is 2.26. The van der Waals surface area contributed by atoms with E-state index in [9.17, 15) is 0 Å². The van der Waals surface area contributed by atoms with Gasteiger partial charge in [-0.3, -0.25) is 0 Å². The highest BCUT2D eigenvalue weighted by molar-refractivity contribution is 7.26. The average molecular weight is 726 g/mol. The van der Waals surface area contributed by atoms with Gasteiger partial charge in [0.2, 0.25) is 0 Å². The summed E-state index contributed by atoms with van der Waals surface area (Å²) in [5.74, 6) is 0.583. The molecule has 10 aromatic rings. The summed E-state index contributed by atoms with van der Waals surface area (Å²) in [4.78, 5) is 2.53. The first-order valence-corrected chi connectivity index (χ1v) is 20.4. The van der Waals surface area contributed by atoms with Crippen LogP contribution in [0.3, 0.4) is 0 Å². The van der Waals surface area contributed by atoms with Crippen molar-refractivity contribution in [1.82, 2.24) is 0 Å². The van der Waals surface area contributed by atoms with Crippen molar-refractivity contribution in [3.8, 4) is 22.3 Å². The molecule has 0 unspecified atom stereocenters. The predicted octanol–water partition coefficient (Wildman–Crippen LogP) is 16.0. The zero-order valence-corrected chi connectivity index (χ0v) is 31.4. The van der Waals surface area contributed by atoms with E-state index < -0.39 is 0 Å². The molecule has 1 aliphatic rings.